The van der Waals surface area contributed by atoms with Gasteiger partial charge in [0, 0.05) is 44.0 Å². The van der Waals surface area contributed by atoms with Gasteiger partial charge in [-0.05, 0) is 61.2 Å². The zero-order valence-corrected chi connectivity index (χ0v) is 19.9. The highest BCUT2D eigenvalue weighted by molar-refractivity contribution is 6.01. The van der Waals surface area contributed by atoms with Crippen molar-refractivity contribution in [3.05, 3.63) is 90.0 Å². The first kappa shape index (κ1) is 24.3. The number of benzene rings is 3. The third-order valence-electron chi connectivity index (χ3n) is 5.97. The monoisotopic (exact) mass is 471 g/mol. The van der Waals surface area contributed by atoms with E-state index in [2.05, 4.69) is 21.3 Å². The average Bonchev–Trinajstić information content (AvgIpc) is 2.90. The molecule has 0 atom stereocenters. The standard InChI is InChI=1S/C28H33N5O2/c34-27(33-18-7-2-8-19-33)23-11-9-10-22(20-23)21-29-16-17-30-25-14-5-6-15-26(25)32-28(35)31-24-12-3-1-4-13-24/h1,3-6,9-15,20,29-30H,2,7-8,16-19,21H2,(H2,31,32,35). The molecular formula is C28H33N5O2. The molecule has 3 aromatic rings. The zero-order valence-electron chi connectivity index (χ0n) is 19.9. The Morgan fingerprint density at radius 2 is 1.49 bits per heavy atom. The lowest BCUT2D eigenvalue weighted by Crippen LogP contribution is -2.35. The maximum absolute atomic E-state index is 12.8. The third-order valence-corrected chi connectivity index (χ3v) is 5.97. The molecule has 35 heavy (non-hydrogen) atoms. The molecule has 4 N–H and O–H groups in total. The number of amides is 3. The molecule has 0 unspecified atom stereocenters. The van der Waals surface area contributed by atoms with Gasteiger partial charge in [0.15, 0.2) is 0 Å². The highest BCUT2D eigenvalue weighted by atomic mass is 16.2. The molecule has 7 heteroatoms. The van der Waals surface area contributed by atoms with E-state index in [0.717, 1.165) is 55.0 Å². The lowest BCUT2D eigenvalue weighted by Gasteiger charge is -2.26. The second-order valence-corrected chi connectivity index (χ2v) is 8.65. The van der Waals surface area contributed by atoms with Gasteiger partial charge in [-0.25, -0.2) is 4.79 Å². The van der Waals surface area contributed by atoms with Gasteiger partial charge in [-0.15, -0.1) is 0 Å². The number of carbonyl (C=O) groups is 2. The first-order valence-electron chi connectivity index (χ1n) is 12.2. The van der Waals surface area contributed by atoms with Crippen LogP contribution in [-0.4, -0.2) is 43.0 Å². The molecule has 1 aliphatic rings. The summed E-state index contributed by atoms with van der Waals surface area (Å²) < 4.78 is 0. The number of piperidine rings is 1. The number of para-hydroxylation sites is 3. The number of likely N-dealkylation sites (tertiary alicyclic amines) is 1. The lowest BCUT2D eigenvalue weighted by atomic mass is 10.1. The minimum atomic E-state index is -0.289. The molecule has 0 aliphatic carbocycles. The van der Waals surface area contributed by atoms with E-state index < -0.39 is 0 Å². The van der Waals surface area contributed by atoms with Crippen LogP contribution in [0.25, 0.3) is 0 Å². The Balaban J connectivity index is 1.22. The Labute approximate surface area is 206 Å². The van der Waals surface area contributed by atoms with Crippen LogP contribution < -0.4 is 21.3 Å². The van der Waals surface area contributed by atoms with Crippen molar-refractivity contribution in [3.8, 4) is 0 Å². The van der Waals surface area contributed by atoms with Crippen molar-refractivity contribution in [1.29, 1.82) is 0 Å². The van der Waals surface area contributed by atoms with E-state index in [9.17, 15) is 9.59 Å². The number of anilines is 3. The molecule has 182 valence electrons. The van der Waals surface area contributed by atoms with E-state index in [0.29, 0.717) is 18.8 Å². The van der Waals surface area contributed by atoms with Crippen molar-refractivity contribution in [2.24, 2.45) is 0 Å². The first-order valence-corrected chi connectivity index (χ1v) is 12.2. The molecular weight excluding hydrogens is 438 g/mol. The molecule has 1 aliphatic heterocycles. The summed E-state index contributed by atoms with van der Waals surface area (Å²) in [5, 5.41) is 12.5. The quantitative estimate of drug-likeness (QED) is 0.325. The van der Waals surface area contributed by atoms with Crippen LogP contribution in [0.1, 0.15) is 35.2 Å². The fourth-order valence-corrected chi connectivity index (χ4v) is 4.16. The largest absolute Gasteiger partial charge is 0.382 e. The molecule has 4 rings (SSSR count). The molecule has 1 fully saturated rings. The molecule has 0 radical (unpaired) electrons. The van der Waals surface area contributed by atoms with E-state index in [4.69, 9.17) is 0 Å². The lowest BCUT2D eigenvalue weighted by molar-refractivity contribution is 0.0724. The minimum absolute atomic E-state index is 0.133. The van der Waals surface area contributed by atoms with Crippen LogP contribution in [0.15, 0.2) is 78.9 Å². The van der Waals surface area contributed by atoms with E-state index >= 15 is 0 Å². The van der Waals surface area contributed by atoms with Crippen LogP contribution >= 0.6 is 0 Å². The second kappa shape index (κ2) is 12.6. The summed E-state index contributed by atoms with van der Waals surface area (Å²) in [4.78, 5) is 27.1. The number of carbonyl (C=O) groups excluding carboxylic acids is 2. The predicted molar refractivity (Wildman–Crippen MR) is 142 cm³/mol. The van der Waals surface area contributed by atoms with E-state index in [1.54, 1.807) is 0 Å². The maximum atomic E-state index is 12.8. The van der Waals surface area contributed by atoms with Gasteiger partial charge in [0.1, 0.15) is 0 Å². The molecule has 7 nitrogen and oxygen atoms in total. The van der Waals surface area contributed by atoms with Gasteiger partial charge < -0.3 is 26.2 Å². The Morgan fingerprint density at radius 3 is 2.29 bits per heavy atom. The highest BCUT2D eigenvalue weighted by Crippen LogP contribution is 2.21. The van der Waals surface area contributed by atoms with E-state index in [1.807, 2.05) is 83.8 Å². The minimum Gasteiger partial charge on any atom is -0.382 e. The molecule has 0 aromatic heterocycles. The number of hydrogen-bond donors (Lipinski definition) is 4. The number of urea groups is 1. The van der Waals surface area contributed by atoms with E-state index in [1.165, 1.54) is 6.42 Å². The molecule has 1 saturated heterocycles. The zero-order chi connectivity index (χ0) is 24.3. The van der Waals surface area contributed by atoms with Gasteiger partial charge in [0.2, 0.25) is 0 Å². The summed E-state index contributed by atoms with van der Waals surface area (Å²) in [7, 11) is 0. The smallest absolute Gasteiger partial charge is 0.323 e. The van der Waals surface area contributed by atoms with Gasteiger partial charge in [-0.2, -0.15) is 0 Å². The van der Waals surface area contributed by atoms with Crippen LogP contribution in [0, 0.1) is 0 Å². The van der Waals surface area contributed by atoms with Gasteiger partial charge >= 0.3 is 6.03 Å². The molecule has 0 saturated carbocycles. The molecule has 0 spiro atoms. The summed E-state index contributed by atoms with van der Waals surface area (Å²) in [6.07, 6.45) is 3.40. The average molecular weight is 472 g/mol. The third kappa shape index (κ3) is 7.32. The molecule has 3 amide bonds. The van der Waals surface area contributed by atoms with Gasteiger partial charge in [-0.3, -0.25) is 4.79 Å². The Kier molecular flexibility index (Phi) is 8.73. The summed E-state index contributed by atoms with van der Waals surface area (Å²) >= 11 is 0. The van der Waals surface area contributed by atoms with Crippen molar-refractivity contribution < 1.29 is 9.59 Å². The van der Waals surface area contributed by atoms with Gasteiger partial charge in [0.25, 0.3) is 5.91 Å². The number of nitrogens with one attached hydrogen (secondary N) is 4. The number of rotatable bonds is 9. The van der Waals surface area contributed by atoms with Gasteiger partial charge in [0.05, 0.1) is 11.4 Å². The fourth-order valence-electron chi connectivity index (χ4n) is 4.16. The number of hydrogen-bond acceptors (Lipinski definition) is 4. The summed E-state index contributed by atoms with van der Waals surface area (Å²) in [5.74, 6) is 0.133. The van der Waals surface area contributed by atoms with Crippen LogP contribution in [0.4, 0.5) is 21.9 Å². The highest BCUT2D eigenvalue weighted by Gasteiger charge is 2.18. The van der Waals surface area contributed by atoms with Crippen molar-refractivity contribution >= 4 is 29.0 Å². The van der Waals surface area contributed by atoms with Crippen LogP contribution in [-0.2, 0) is 6.54 Å². The van der Waals surface area contributed by atoms with Crippen LogP contribution in [0.5, 0.6) is 0 Å². The SMILES string of the molecule is O=C(Nc1ccccc1)Nc1ccccc1NCCNCc1cccc(C(=O)N2CCCCC2)c1. The first-order chi connectivity index (χ1) is 17.2. The fraction of sp³-hybridized carbons (Fsp3) is 0.286. The van der Waals surface area contributed by atoms with Crippen molar-refractivity contribution in [3.63, 3.8) is 0 Å². The summed E-state index contributed by atoms with van der Waals surface area (Å²) in [5.41, 5.74) is 4.16. The van der Waals surface area contributed by atoms with Crippen molar-refractivity contribution in [2.75, 3.05) is 42.1 Å². The van der Waals surface area contributed by atoms with Gasteiger partial charge in [-0.1, -0.05) is 42.5 Å². The predicted octanol–water partition coefficient (Wildman–Crippen LogP) is 5.16. The summed E-state index contributed by atoms with van der Waals surface area (Å²) in [6.45, 7) is 3.82. The van der Waals surface area contributed by atoms with Crippen LogP contribution in [0.3, 0.4) is 0 Å². The molecule has 1 heterocycles. The van der Waals surface area contributed by atoms with E-state index in [-0.39, 0.29) is 11.9 Å². The molecule has 3 aromatic carbocycles. The van der Waals surface area contributed by atoms with Crippen LogP contribution in [0.2, 0.25) is 0 Å². The normalized spacial score (nSPS) is 13.2. The Bertz CT molecular complexity index is 1110. The summed E-state index contributed by atoms with van der Waals surface area (Å²) in [6, 6.07) is 24.6. The van der Waals surface area contributed by atoms with Crippen molar-refractivity contribution in [2.45, 2.75) is 25.8 Å². The second-order valence-electron chi connectivity index (χ2n) is 8.65. The maximum Gasteiger partial charge on any atom is 0.323 e. The molecule has 0 bridgehead atoms. The number of nitrogens with zero attached hydrogens (tertiary/aromatic N) is 1. The van der Waals surface area contributed by atoms with Crippen molar-refractivity contribution in [1.82, 2.24) is 10.2 Å². The Hall–Kier alpha value is -3.84. The Morgan fingerprint density at radius 1 is 0.743 bits per heavy atom. The topological polar surface area (TPSA) is 85.5 Å².